The zero-order chi connectivity index (χ0) is 19.1. The molecular formula is C21H32N4O2. The van der Waals surface area contributed by atoms with E-state index in [0.717, 1.165) is 31.6 Å². The number of amides is 3. The first-order valence-electron chi connectivity index (χ1n) is 10.3. The highest BCUT2D eigenvalue weighted by Gasteiger charge is 2.17. The molecule has 148 valence electrons. The third-order valence-electron chi connectivity index (χ3n) is 5.57. The summed E-state index contributed by atoms with van der Waals surface area (Å²) in [5, 5.41) is 5.93. The molecule has 0 aromatic heterocycles. The number of nitrogens with one attached hydrogen (secondary N) is 2. The number of carbonyl (C=O) groups excluding carboxylic acids is 2. The molecule has 0 radical (unpaired) electrons. The average Bonchev–Trinajstić information content (AvgIpc) is 3.21. The quantitative estimate of drug-likeness (QED) is 0.805. The minimum atomic E-state index is -0.130. The van der Waals surface area contributed by atoms with Gasteiger partial charge in [0.25, 0.3) is 0 Å². The summed E-state index contributed by atoms with van der Waals surface area (Å²) < 4.78 is 0. The number of benzene rings is 1. The first kappa shape index (κ1) is 19.5. The first-order chi connectivity index (χ1) is 13.1. The largest absolute Gasteiger partial charge is 0.372 e. The Balaban J connectivity index is 1.48. The lowest BCUT2D eigenvalue weighted by Gasteiger charge is -2.25. The molecule has 6 nitrogen and oxygen atoms in total. The molecule has 1 aromatic carbocycles. The fourth-order valence-electron chi connectivity index (χ4n) is 4.05. The normalized spacial score (nSPS) is 17.6. The molecule has 6 heteroatoms. The number of nitrogens with zero attached hydrogens (tertiary/aromatic N) is 2. The molecule has 3 rings (SSSR count). The summed E-state index contributed by atoms with van der Waals surface area (Å²) >= 11 is 0. The Hall–Kier alpha value is -2.24. The highest BCUT2D eigenvalue weighted by molar-refractivity contribution is 5.91. The summed E-state index contributed by atoms with van der Waals surface area (Å²) in [7, 11) is 0. The molecule has 2 N–H and O–H groups in total. The molecule has 0 atom stereocenters. The van der Waals surface area contributed by atoms with Gasteiger partial charge in [0.2, 0.25) is 5.91 Å². The van der Waals surface area contributed by atoms with Crippen LogP contribution in [-0.2, 0) is 4.79 Å². The third-order valence-corrected chi connectivity index (χ3v) is 5.57. The van der Waals surface area contributed by atoms with E-state index in [9.17, 15) is 9.59 Å². The van der Waals surface area contributed by atoms with Crippen LogP contribution >= 0.6 is 0 Å². The SMILES string of the molecule is CC(=O)N(CCNC(=O)NC1CCCCC1)c1ccc(N2CCCC2)cc1. The first-order valence-corrected chi connectivity index (χ1v) is 10.3. The lowest BCUT2D eigenvalue weighted by molar-refractivity contribution is -0.116. The van der Waals surface area contributed by atoms with Crippen molar-refractivity contribution in [3.63, 3.8) is 0 Å². The summed E-state index contributed by atoms with van der Waals surface area (Å²) in [4.78, 5) is 28.2. The fourth-order valence-corrected chi connectivity index (χ4v) is 4.05. The Kier molecular flexibility index (Phi) is 6.96. The molecule has 0 spiro atoms. The van der Waals surface area contributed by atoms with Crippen LogP contribution < -0.4 is 20.4 Å². The van der Waals surface area contributed by atoms with Crippen molar-refractivity contribution in [1.29, 1.82) is 0 Å². The second kappa shape index (κ2) is 9.62. The zero-order valence-corrected chi connectivity index (χ0v) is 16.4. The smallest absolute Gasteiger partial charge is 0.315 e. The molecular weight excluding hydrogens is 340 g/mol. The maximum atomic E-state index is 12.1. The van der Waals surface area contributed by atoms with Crippen LogP contribution in [0.3, 0.4) is 0 Å². The van der Waals surface area contributed by atoms with Crippen LogP contribution in [0.5, 0.6) is 0 Å². The number of hydrogen-bond donors (Lipinski definition) is 2. The van der Waals surface area contributed by atoms with Crippen molar-refractivity contribution in [1.82, 2.24) is 10.6 Å². The van der Waals surface area contributed by atoms with Gasteiger partial charge in [-0.25, -0.2) is 4.79 Å². The summed E-state index contributed by atoms with van der Waals surface area (Å²) in [6.45, 7) is 4.69. The zero-order valence-electron chi connectivity index (χ0n) is 16.4. The number of rotatable bonds is 6. The second-order valence-corrected chi connectivity index (χ2v) is 7.62. The van der Waals surface area contributed by atoms with Gasteiger partial charge in [-0.3, -0.25) is 4.79 Å². The van der Waals surface area contributed by atoms with Crippen LogP contribution in [0.4, 0.5) is 16.2 Å². The molecule has 27 heavy (non-hydrogen) atoms. The monoisotopic (exact) mass is 372 g/mol. The Bertz CT molecular complexity index is 620. The Morgan fingerprint density at radius 1 is 1.04 bits per heavy atom. The Morgan fingerprint density at radius 3 is 2.33 bits per heavy atom. The van der Waals surface area contributed by atoms with E-state index < -0.39 is 0 Å². The third kappa shape index (κ3) is 5.62. The van der Waals surface area contributed by atoms with Crippen LogP contribution in [0.2, 0.25) is 0 Å². The van der Waals surface area contributed by atoms with Gasteiger partial charge in [-0.2, -0.15) is 0 Å². The molecule has 3 amide bonds. The van der Waals surface area contributed by atoms with Crippen LogP contribution in [0, 0.1) is 0 Å². The van der Waals surface area contributed by atoms with Crippen molar-refractivity contribution in [2.24, 2.45) is 0 Å². The minimum Gasteiger partial charge on any atom is -0.372 e. The van der Waals surface area contributed by atoms with E-state index in [0.29, 0.717) is 19.1 Å². The van der Waals surface area contributed by atoms with Crippen molar-refractivity contribution < 1.29 is 9.59 Å². The second-order valence-electron chi connectivity index (χ2n) is 7.62. The van der Waals surface area contributed by atoms with Gasteiger partial charge in [0.15, 0.2) is 0 Å². The standard InChI is InChI=1S/C21H32N4O2/c1-17(26)25(16-13-22-21(27)23-18-7-3-2-4-8-18)20-11-9-19(10-12-20)24-14-5-6-15-24/h9-12,18H,2-8,13-16H2,1H3,(H2,22,23,27). The molecule has 1 aromatic rings. The van der Waals surface area contributed by atoms with Crippen LogP contribution in [0.15, 0.2) is 24.3 Å². The van der Waals surface area contributed by atoms with E-state index >= 15 is 0 Å². The van der Waals surface area contributed by atoms with Gasteiger partial charge in [-0.05, 0) is 49.9 Å². The van der Waals surface area contributed by atoms with Gasteiger partial charge in [-0.15, -0.1) is 0 Å². The van der Waals surface area contributed by atoms with Gasteiger partial charge in [0, 0.05) is 50.5 Å². The highest BCUT2D eigenvalue weighted by Crippen LogP contribution is 2.24. The Labute approximate surface area is 162 Å². The van der Waals surface area contributed by atoms with Crippen molar-refractivity contribution >= 4 is 23.3 Å². The summed E-state index contributed by atoms with van der Waals surface area (Å²) in [6.07, 6.45) is 8.27. The summed E-state index contributed by atoms with van der Waals surface area (Å²) in [6, 6.07) is 8.32. The van der Waals surface area contributed by atoms with Gasteiger partial charge in [0.05, 0.1) is 0 Å². The molecule has 0 unspecified atom stereocenters. The van der Waals surface area contributed by atoms with Crippen LogP contribution in [-0.4, -0.2) is 44.2 Å². The van der Waals surface area contributed by atoms with Gasteiger partial charge in [0.1, 0.15) is 0 Å². The molecule has 1 aliphatic carbocycles. The molecule has 1 heterocycles. The summed E-state index contributed by atoms with van der Waals surface area (Å²) in [5.41, 5.74) is 2.09. The maximum Gasteiger partial charge on any atom is 0.315 e. The topological polar surface area (TPSA) is 64.7 Å². The van der Waals surface area contributed by atoms with E-state index in [-0.39, 0.29) is 11.9 Å². The van der Waals surface area contributed by atoms with E-state index in [1.165, 1.54) is 37.8 Å². The highest BCUT2D eigenvalue weighted by atomic mass is 16.2. The van der Waals surface area contributed by atoms with E-state index in [1.54, 1.807) is 11.8 Å². The fraction of sp³-hybridized carbons (Fsp3) is 0.619. The van der Waals surface area contributed by atoms with Crippen molar-refractivity contribution in [3.8, 4) is 0 Å². The van der Waals surface area contributed by atoms with Crippen molar-refractivity contribution in [2.75, 3.05) is 36.0 Å². The molecule has 1 saturated heterocycles. The maximum absolute atomic E-state index is 12.1. The minimum absolute atomic E-state index is 0.0154. The summed E-state index contributed by atoms with van der Waals surface area (Å²) in [5.74, 6) is -0.0154. The van der Waals surface area contributed by atoms with Crippen molar-refractivity contribution in [2.45, 2.75) is 57.9 Å². The molecule has 2 fully saturated rings. The Morgan fingerprint density at radius 2 is 1.70 bits per heavy atom. The molecule has 1 saturated carbocycles. The predicted molar refractivity (Wildman–Crippen MR) is 109 cm³/mol. The van der Waals surface area contributed by atoms with Crippen LogP contribution in [0.1, 0.15) is 51.9 Å². The number of urea groups is 1. The van der Waals surface area contributed by atoms with E-state index in [2.05, 4.69) is 27.7 Å². The number of hydrogen-bond acceptors (Lipinski definition) is 3. The predicted octanol–water partition coefficient (Wildman–Crippen LogP) is 3.27. The lowest BCUT2D eigenvalue weighted by atomic mass is 9.96. The lowest BCUT2D eigenvalue weighted by Crippen LogP contribution is -2.45. The van der Waals surface area contributed by atoms with E-state index in [4.69, 9.17) is 0 Å². The van der Waals surface area contributed by atoms with Gasteiger partial charge < -0.3 is 20.4 Å². The van der Waals surface area contributed by atoms with Crippen molar-refractivity contribution in [3.05, 3.63) is 24.3 Å². The molecule has 1 aliphatic heterocycles. The van der Waals surface area contributed by atoms with Gasteiger partial charge >= 0.3 is 6.03 Å². The van der Waals surface area contributed by atoms with Gasteiger partial charge in [-0.1, -0.05) is 19.3 Å². The average molecular weight is 373 g/mol. The van der Waals surface area contributed by atoms with E-state index in [1.807, 2.05) is 12.1 Å². The number of anilines is 2. The van der Waals surface area contributed by atoms with Crippen LogP contribution in [0.25, 0.3) is 0 Å². The number of carbonyl (C=O) groups is 2. The molecule has 0 bridgehead atoms. The molecule has 2 aliphatic rings.